The first-order valence-electron chi connectivity index (χ1n) is 7.61. The Balaban J connectivity index is 1.56. The molecule has 2 aromatic carbocycles. The van der Waals surface area contributed by atoms with Crippen LogP contribution in [0.2, 0.25) is 0 Å². The lowest BCUT2D eigenvalue weighted by atomic mass is 10.1. The Morgan fingerprint density at radius 2 is 2.08 bits per heavy atom. The second-order valence-corrected chi connectivity index (χ2v) is 6.60. The normalized spacial score (nSPS) is 10.6. The van der Waals surface area contributed by atoms with Crippen LogP contribution in [0, 0.1) is 0 Å². The Morgan fingerprint density at radius 1 is 1.25 bits per heavy atom. The predicted molar refractivity (Wildman–Crippen MR) is 107 cm³/mol. The Kier molecular flexibility index (Phi) is 5.37. The van der Waals surface area contributed by atoms with E-state index in [1.165, 1.54) is 10.9 Å². The highest BCUT2D eigenvalue weighted by molar-refractivity contribution is 9.10. The van der Waals surface area contributed by atoms with Gasteiger partial charge < -0.3 is 20.4 Å². The van der Waals surface area contributed by atoms with Gasteiger partial charge in [-0.05, 0) is 64.4 Å². The number of hydrogen-bond donors (Lipinski definition) is 3. The maximum atomic E-state index is 5.35. The van der Waals surface area contributed by atoms with Crippen LogP contribution in [0.15, 0.2) is 53.1 Å². The number of nitrogens with one attached hydrogen (secondary N) is 3. The summed E-state index contributed by atoms with van der Waals surface area (Å²) in [4.78, 5) is 3.29. The van der Waals surface area contributed by atoms with Gasteiger partial charge in [0, 0.05) is 34.2 Å². The topological polar surface area (TPSA) is 49.1 Å². The number of ether oxygens (including phenoxy) is 1. The number of thiocarbonyl (C=S) groups is 1. The molecule has 0 aliphatic rings. The molecule has 0 amide bonds. The average molecular weight is 404 g/mol. The van der Waals surface area contributed by atoms with E-state index in [1.54, 1.807) is 7.11 Å². The van der Waals surface area contributed by atoms with E-state index >= 15 is 0 Å². The third-order valence-corrected chi connectivity index (χ3v) is 4.71. The number of fused-ring (bicyclic) bond motifs is 1. The number of H-pyrrole nitrogens is 1. The van der Waals surface area contributed by atoms with Crippen LogP contribution in [0.5, 0.6) is 5.75 Å². The summed E-state index contributed by atoms with van der Waals surface area (Å²) in [6, 6.07) is 14.0. The Morgan fingerprint density at radius 3 is 2.88 bits per heavy atom. The van der Waals surface area contributed by atoms with Crippen molar-refractivity contribution in [2.45, 2.75) is 6.42 Å². The molecule has 0 radical (unpaired) electrons. The minimum absolute atomic E-state index is 0.614. The van der Waals surface area contributed by atoms with Gasteiger partial charge in [0.1, 0.15) is 5.75 Å². The van der Waals surface area contributed by atoms with Crippen LogP contribution in [-0.2, 0) is 6.42 Å². The van der Waals surface area contributed by atoms with Gasteiger partial charge >= 0.3 is 0 Å². The molecule has 3 aromatic rings. The zero-order valence-electron chi connectivity index (χ0n) is 13.2. The van der Waals surface area contributed by atoms with Crippen molar-refractivity contribution in [3.63, 3.8) is 0 Å². The summed E-state index contributed by atoms with van der Waals surface area (Å²) in [6.45, 7) is 0.759. The fourth-order valence-corrected chi connectivity index (χ4v) is 3.13. The summed E-state index contributed by atoms with van der Waals surface area (Å²) in [5.41, 5.74) is 3.29. The average Bonchev–Trinajstić information content (AvgIpc) is 2.99. The summed E-state index contributed by atoms with van der Waals surface area (Å²) >= 11 is 8.85. The van der Waals surface area contributed by atoms with Crippen LogP contribution in [-0.4, -0.2) is 23.8 Å². The first-order chi connectivity index (χ1) is 11.7. The molecule has 4 nitrogen and oxygen atoms in total. The maximum absolute atomic E-state index is 5.35. The molecule has 0 spiro atoms. The van der Waals surface area contributed by atoms with Gasteiger partial charge in [0.25, 0.3) is 0 Å². The molecular weight excluding hydrogens is 386 g/mol. The van der Waals surface area contributed by atoms with Crippen molar-refractivity contribution in [1.82, 2.24) is 10.3 Å². The third kappa shape index (κ3) is 3.88. The second kappa shape index (κ2) is 7.68. The van der Waals surface area contributed by atoms with E-state index in [0.29, 0.717) is 5.11 Å². The number of benzene rings is 2. The highest BCUT2D eigenvalue weighted by Gasteiger charge is 2.06. The van der Waals surface area contributed by atoms with Crippen molar-refractivity contribution < 1.29 is 4.74 Å². The first-order valence-corrected chi connectivity index (χ1v) is 8.81. The van der Waals surface area contributed by atoms with Gasteiger partial charge in [-0.3, -0.25) is 0 Å². The van der Waals surface area contributed by atoms with E-state index in [-0.39, 0.29) is 0 Å². The number of halogens is 1. The molecular formula is C18H18BrN3OS. The largest absolute Gasteiger partial charge is 0.497 e. The number of methoxy groups -OCH3 is 1. The van der Waals surface area contributed by atoms with E-state index in [2.05, 4.69) is 37.6 Å². The molecule has 0 saturated heterocycles. The summed E-state index contributed by atoms with van der Waals surface area (Å²) in [5, 5.41) is 8.26. The van der Waals surface area contributed by atoms with Gasteiger partial charge in [0.05, 0.1) is 12.8 Å². The highest BCUT2D eigenvalue weighted by Crippen LogP contribution is 2.23. The first kappa shape index (κ1) is 16.8. The predicted octanol–water partition coefficient (Wildman–Crippen LogP) is 4.47. The van der Waals surface area contributed by atoms with Gasteiger partial charge in [0.15, 0.2) is 5.11 Å². The molecule has 124 valence electrons. The monoisotopic (exact) mass is 403 g/mol. The second-order valence-electron chi connectivity index (χ2n) is 5.34. The van der Waals surface area contributed by atoms with Crippen LogP contribution in [0.1, 0.15) is 5.56 Å². The van der Waals surface area contributed by atoms with E-state index in [4.69, 9.17) is 17.0 Å². The SMILES string of the molecule is COc1ccc2c(CCNC(=S)Nc3ccccc3Br)c[nH]c2c1. The molecule has 0 aliphatic carbocycles. The van der Waals surface area contributed by atoms with Gasteiger partial charge in [0.2, 0.25) is 0 Å². The van der Waals surface area contributed by atoms with Crippen molar-refractivity contribution >= 4 is 49.9 Å². The quantitative estimate of drug-likeness (QED) is 0.550. The fraction of sp³-hybridized carbons (Fsp3) is 0.167. The number of hydrogen-bond acceptors (Lipinski definition) is 2. The fourth-order valence-electron chi connectivity index (χ4n) is 2.54. The summed E-state index contributed by atoms with van der Waals surface area (Å²) < 4.78 is 6.23. The van der Waals surface area contributed by atoms with Crippen LogP contribution < -0.4 is 15.4 Å². The lowest BCUT2D eigenvalue weighted by molar-refractivity contribution is 0.415. The van der Waals surface area contributed by atoms with Crippen molar-refractivity contribution in [2.24, 2.45) is 0 Å². The van der Waals surface area contributed by atoms with Crippen molar-refractivity contribution in [3.8, 4) is 5.75 Å². The number of anilines is 1. The van der Waals surface area contributed by atoms with Gasteiger partial charge in [-0.2, -0.15) is 0 Å². The van der Waals surface area contributed by atoms with Gasteiger partial charge in [-0.1, -0.05) is 12.1 Å². The summed E-state index contributed by atoms with van der Waals surface area (Å²) in [7, 11) is 1.67. The van der Waals surface area contributed by atoms with Gasteiger partial charge in [-0.25, -0.2) is 0 Å². The van der Waals surface area contributed by atoms with E-state index < -0.39 is 0 Å². The molecule has 0 fully saturated rings. The lowest BCUT2D eigenvalue weighted by Gasteiger charge is -2.11. The van der Waals surface area contributed by atoms with Gasteiger partial charge in [-0.15, -0.1) is 0 Å². The molecule has 6 heteroatoms. The van der Waals surface area contributed by atoms with E-state index in [0.717, 1.165) is 34.4 Å². The van der Waals surface area contributed by atoms with Crippen molar-refractivity contribution in [1.29, 1.82) is 0 Å². The smallest absolute Gasteiger partial charge is 0.170 e. The van der Waals surface area contributed by atoms with Crippen LogP contribution in [0.3, 0.4) is 0 Å². The Hall–Kier alpha value is -2.05. The molecule has 0 atom stereocenters. The minimum atomic E-state index is 0.614. The molecule has 0 bridgehead atoms. The molecule has 24 heavy (non-hydrogen) atoms. The van der Waals surface area contributed by atoms with Crippen molar-refractivity contribution in [3.05, 3.63) is 58.7 Å². The molecule has 0 aliphatic heterocycles. The zero-order chi connectivity index (χ0) is 16.9. The molecule has 3 N–H and O–H groups in total. The standard InChI is InChI=1S/C18H18BrN3OS/c1-23-13-6-7-14-12(11-21-17(14)10-13)8-9-20-18(24)22-16-5-3-2-4-15(16)19/h2-7,10-11,21H,8-9H2,1H3,(H2,20,22,24). The Bertz CT molecular complexity index is 862. The van der Waals surface area contributed by atoms with Crippen LogP contribution in [0.25, 0.3) is 10.9 Å². The third-order valence-electron chi connectivity index (χ3n) is 3.78. The summed E-state index contributed by atoms with van der Waals surface area (Å²) in [5.74, 6) is 0.854. The molecule has 1 aromatic heterocycles. The Labute approximate surface area is 154 Å². The van der Waals surface area contributed by atoms with Crippen LogP contribution in [0.4, 0.5) is 5.69 Å². The number of aromatic amines is 1. The maximum Gasteiger partial charge on any atom is 0.170 e. The van der Waals surface area contributed by atoms with Crippen molar-refractivity contribution in [2.75, 3.05) is 19.0 Å². The molecule has 1 heterocycles. The summed E-state index contributed by atoms with van der Waals surface area (Å²) in [6.07, 6.45) is 2.92. The minimum Gasteiger partial charge on any atom is -0.497 e. The number of para-hydroxylation sites is 1. The number of aromatic nitrogens is 1. The zero-order valence-corrected chi connectivity index (χ0v) is 15.6. The lowest BCUT2D eigenvalue weighted by Crippen LogP contribution is -2.30. The number of rotatable bonds is 5. The molecule has 0 saturated carbocycles. The van der Waals surface area contributed by atoms with E-state index in [9.17, 15) is 0 Å². The van der Waals surface area contributed by atoms with Crippen LogP contribution >= 0.6 is 28.1 Å². The molecule has 3 rings (SSSR count). The molecule has 0 unspecified atom stereocenters. The highest BCUT2D eigenvalue weighted by atomic mass is 79.9. The van der Waals surface area contributed by atoms with E-state index in [1.807, 2.05) is 42.6 Å².